The van der Waals surface area contributed by atoms with E-state index in [-0.39, 0.29) is 12.1 Å². The second-order valence-corrected chi connectivity index (χ2v) is 8.10. The molecule has 4 rings (SSSR count). The summed E-state index contributed by atoms with van der Waals surface area (Å²) < 4.78 is 6.06. The van der Waals surface area contributed by atoms with Gasteiger partial charge in [-0.15, -0.1) is 0 Å². The van der Waals surface area contributed by atoms with Crippen LogP contribution in [0.15, 0.2) is 48.7 Å². The molecule has 1 amide bonds. The fourth-order valence-corrected chi connectivity index (χ4v) is 3.67. The number of amides is 1. The Kier molecular flexibility index (Phi) is 6.39. The van der Waals surface area contributed by atoms with Gasteiger partial charge in [0.25, 0.3) is 0 Å². The second-order valence-electron chi connectivity index (χ2n) is 7.66. The van der Waals surface area contributed by atoms with Crippen LogP contribution in [0.2, 0.25) is 5.02 Å². The molecule has 1 aliphatic rings. The Morgan fingerprint density at radius 3 is 2.94 bits per heavy atom. The molecule has 0 spiro atoms. The van der Waals surface area contributed by atoms with E-state index < -0.39 is 0 Å². The van der Waals surface area contributed by atoms with Crippen molar-refractivity contribution in [3.63, 3.8) is 0 Å². The van der Waals surface area contributed by atoms with Crippen LogP contribution in [-0.2, 0) is 4.79 Å². The summed E-state index contributed by atoms with van der Waals surface area (Å²) in [6.07, 6.45) is 6.81. The first-order valence-electron chi connectivity index (χ1n) is 10.2. The number of hydrogen-bond donors (Lipinski definition) is 2. The van der Waals surface area contributed by atoms with Gasteiger partial charge in [0, 0.05) is 36.5 Å². The Morgan fingerprint density at radius 1 is 1.35 bits per heavy atom. The smallest absolute Gasteiger partial charge is 0.247 e. The molecule has 1 aliphatic heterocycles. The maximum atomic E-state index is 12.7. The summed E-state index contributed by atoms with van der Waals surface area (Å²) in [5.41, 5.74) is 0.607. The lowest BCUT2D eigenvalue weighted by atomic mass is 10.2. The lowest BCUT2D eigenvalue weighted by Crippen LogP contribution is -2.39. The number of carbonyl (C=O) groups excluding carboxylic acids is 1. The van der Waals surface area contributed by atoms with Gasteiger partial charge >= 0.3 is 0 Å². The van der Waals surface area contributed by atoms with E-state index in [1.807, 2.05) is 30.0 Å². The monoisotopic (exact) mass is 440 g/mol. The largest absolute Gasteiger partial charge is 0.456 e. The summed E-state index contributed by atoms with van der Waals surface area (Å²) >= 11 is 5.97. The van der Waals surface area contributed by atoms with Crippen LogP contribution in [0, 0.1) is 0 Å². The van der Waals surface area contributed by atoms with Gasteiger partial charge in [-0.2, -0.15) is 5.10 Å². The molecule has 3 heterocycles. The van der Waals surface area contributed by atoms with Crippen molar-refractivity contribution in [3.05, 3.63) is 53.7 Å². The van der Waals surface area contributed by atoms with E-state index in [0.717, 1.165) is 24.8 Å². The number of likely N-dealkylation sites (N-methyl/N-ethyl adjacent to an activating group) is 1. The normalized spacial score (nSPS) is 16.5. The molecule has 0 aliphatic carbocycles. The van der Waals surface area contributed by atoms with Crippen LogP contribution in [0.3, 0.4) is 0 Å². The summed E-state index contributed by atoms with van der Waals surface area (Å²) in [6.45, 7) is 1.43. The summed E-state index contributed by atoms with van der Waals surface area (Å²) in [5.74, 6) is 1.87. The van der Waals surface area contributed by atoms with Crippen LogP contribution in [0.4, 0.5) is 5.82 Å². The third kappa shape index (κ3) is 4.98. The van der Waals surface area contributed by atoms with Gasteiger partial charge in [-0.3, -0.25) is 9.89 Å². The van der Waals surface area contributed by atoms with Crippen molar-refractivity contribution in [1.29, 1.82) is 0 Å². The number of anilines is 1. The number of benzene rings is 1. The highest BCUT2D eigenvalue weighted by molar-refractivity contribution is 6.30. The SMILES string of the molecule is CN(C)CC=CC(=O)N1CCCC1Nc1n[nH]c2nccc(Oc3ccc(Cl)cc3)c12. The van der Waals surface area contributed by atoms with Crippen LogP contribution in [0.25, 0.3) is 11.0 Å². The Hall–Kier alpha value is -3.10. The van der Waals surface area contributed by atoms with Crippen LogP contribution in [-0.4, -0.2) is 64.2 Å². The fraction of sp³-hybridized carbons (Fsp3) is 0.318. The van der Waals surface area contributed by atoms with Gasteiger partial charge in [0.05, 0.1) is 0 Å². The number of halogens is 1. The van der Waals surface area contributed by atoms with Crippen molar-refractivity contribution in [2.45, 2.75) is 19.0 Å². The molecule has 1 saturated heterocycles. The average molecular weight is 441 g/mol. The molecule has 0 radical (unpaired) electrons. The number of nitrogens with one attached hydrogen (secondary N) is 2. The van der Waals surface area contributed by atoms with E-state index in [2.05, 4.69) is 20.5 Å². The van der Waals surface area contributed by atoms with Gasteiger partial charge in [0.15, 0.2) is 11.5 Å². The molecule has 2 aromatic heterocycles. The first-order valence-corrected chi connectivity index (χ1v) is 10.5. The minimum atomic E-state index is -0.147. The molecule has 31 heavy (non-hydrogen) atoms. The molecule has 162 valence electrons. The Morgan fingerprint density at radius 2 is 2.16 bits per heavy atom. The summed E-state index contributed by atoms with van der Waals surface area (Å²) in [4.78, 5) is 20.9. The van der Waals surface area contributed by atoms with Crippen LogP contribution < -0.4 is 10.1 Å². The predicted octanol–water partition coefficient (Wildman–Crippen LogP) is 3.88. The standard InChI is InChI=1S/C22H25ClN6O2/c1-28(2)13-4-6-19(30)29-14-3-5-18(29)25-22-20-17(11-12-24-21(20)26-27-22)31-16-9-7-15(23)8-10-16/h4,6-12,18H,3,5,13-14H2,1-2H3,(H2,24,25,26,27). The van der Waals surface area contributed by atoms with E-state index in [4.69, 9.17) is 16.3 Å². The number of H-pyrrole nitrogens is 1. The summed E-state index contributed by atoms with van der Waals surface area (Å²) in [6, 6.07) is 8.95. The van der Waals surface area contributed by atoms with Crippen LogP contribution in [0.5, 0.6) is 11.5 Å². The highest BCUT2D eigenvalue weighted by Crippen LogP contribution is 2.34. The van der Waals surface area contributed by atoms with Crippen molar-refractivity contribution in [2.24, 2.45) is 0 Å². The number of aromatic amines is 1. The zero-order valence-electron chi connectivity index (χ0n) is 17.5. The van der Waals surface area contributed by atoms with E-state index >= 15 is 0 Å². The van der Waals surface area contributed by atoms with Gasteiger partial charge in [0.1, 0.15) is 23.1 Å². The van der Waals surface area contributed by atoms with Gasteiger partial charge in [-0.05, 0) is 51.2 Å². The van der Waals surface area contributed by atoms with Crippen LogP contribution >= 0.6 is 11.6 Å². The molecule has 0 saturated carbocycles. The molecule has 9 heteroatoms. The number of nitrogens with zero attached hydrogens (tertiary/aromatic N) is 4. The molecule has 8 nitrogen and oxygen atoms in total. The van der Waals surface area contributed by atoms with E-state index in [9.17, 15) is 4.79 Å². The van der Waals surface area contributed by atoms with E-state index in [1.54, 1.807) is 42.6 Å². The summed E-state index contributed by atoms with van der Waals surface area (Å²) in [5, 5.41) is 12.1. The highest BCUT2D eigenvalue weighted by atomic mass is 35.5. The van der Waals surface area contributed by atoms with Gasteiger partial charge < -0.3 is 19.9 Å². The number of pyridine rings is 1. The molecule has 1 aromatic carbocycles. The van der Waals surface area contributed by atoms with Crippen molar-refractivity contribution >= 4 is 34.4 Å². The second kappa shape index (κ2) is 9.36. The Bertz CT molecular complexity index is 1080. The number of fused-ring (bicyclic) bond motifs is 1. The molecule has 1 atom stereocenters. The van der Waals surface area contributed by atoms with Crippen molar-refractivity contribution in [3.8, 4) is 11.5 Å². The predicted molar refractivity (Wildman–Crippen MR) is 121 cm³/mol. The maximum absolute atomic E-state index is 12.7. The number of ether oxygens (including phenoxy) is 1. The number of aromatic nitrogens is 3. The molecule has 1 unspecified atom stereocenters. The van der Waals surface area contributed by atoms with Gasteiger partial charge in [-0.1, -0.05) is 17.7 Å². The van der Waals surface area contributed by atoms with E-state index in [0.29, 0.717) is 34.5 Å². The first kappa shape index (κ1) is 21.1. The molecule has 2 N–H and O–H groups in total. The minimum absolute atomic E-state index is 0.00699. The zero-order valence-corrected chi connectivity index (χ0v) is 18.3. The molecule has 0 bridgehead atoms. The third-order valence-electron chi connectivity index (χ3n) is 5.03. The van der Waals surface area contributed by atoms with Gasteiger partial charge in [-0.25, -0.2) is 4.98 Å². The van der Waals surface area contributed by atoms with Crippen LogP contribution in [0.1, 0.15) is 12.8 Å². The highest BCUT2D eigenvalue weighted by Gasteiger charge is 2.29. The third-order valence-corrected chi connectivity index (χ3v) is 5.29. The van der Waals surface area contributed by atoms with Crippen molar-refractivity contribution in [1.82, 2.24) is 25.0 Å². The Balaban J connectivity index is 1.55. The first-order chi connectivity index (χ1) is 15.0. The number of hydrogen-bond acceptors (Lipinski definition) is 6. The van der Waals surface area contributed by atoms with Gasteiger partial charge in [0.2, 0.25) is 5.91 Å². The average Bonchev–Trinajstić information content (AvgIpc) is 3.37. The quantitative estimate of drug-likeness (QED) is 0.542. The van der Waals surface area contributed by atoms with Crippen molar-refractivity contribution in [2.75, 3.05) is 32.5 Å². The number of likely N-dealkylation sites (tertiary alicyclic amines) is 1. The zero-order chi connectivity index (χ0) is 21.8. The minimum Gasteiger partial charge on any atom is -0.456 e. The molecule has 1 fully saturated rings. The topological polar surface area (TPSA) is 86.4 Å². The van der Waals surface area contributed by atoms with E-state index in [1.165, 1.54) is 0 Å². The molecule has 3 aromatic rings. The number of rotatable bonds is 7. The molecular weight excluding hydrogens is 416 g/mol. The summed E-state index contributed by atoms with van der Waals surface area (Å²) in [7, 11) is 3.94. The number of carbonyl (C=O) groups is 1. The lowest BCUT2D eigenvalue weighted by Gasteiger charge is -2.24. The fourth-order valence-electron chi connectivity index (χ4n) is 3.54. The lowest BCUT2D eigenvalue weighted by molar-refractivity contribution is -0.126. The molecular formula is C22H25ClN6O2. The Labute approximate surface area is 185 Å². The van der Waals surface area contributed by atoms with Crippen molar-refractivity contribution < 1.29 is 9.53 Å². The maximum Gasteiger partial charge on any atom is 0.247 e.